The number of benzene rings is 2. The predicted octanol–water partition coefficient (Wildman–Crippen LogP) is 5.01. The van der Waals surface area contributed by atoms with Gasteiger partial charge in [-0.2, -0.15) is 0 Å². The zero-order chi connectivity index (χ0) is 24.4. The third-order valence-electron chi connectivity index (χ3n) is 8.33. The molecule has 1 aliphatic heterocycles. The van der Waals surface area contributed by atoms with Gasteiger partial charge in [-0.05, 0) is 48.1 Å². The molecule has 1 heterocycles. The first-order chi connectivity index (χ1) is 17.0. The van der Waals surface area contributed by atoms with Crippen LogP contribution < -0.4 is 5.48 Å². The summed E-state index contributed by atoms with van der Waals surface area (Å²) in [5.41, 5.74) is 4.51. The number of likely N-dealkylation sites (tertiary alicyclic amines) is 1. The number of Topliss-reactive ketones (excluding diaryl/α,β-unsaturated/α-hetero) is 1. The van der Waals surface area contributed by atoms with Gasteiger partial charge < -0.3 is 4.90 Å². The highest BCUT2D eigenvalue weighted by atomic mass is 16.5. The molecule has 35 heavy (non-hydrogen) atoms. The maximum atomic E-state index is 13.8. The van der Waals surface area contributed by atoms with Crippen molar-refractivity contribution in [1.82, 2.24) is 10.4 Å². The maximum absolute atomic E-state index is 13.8. The zero-order valence-corrected chi connectivity index (χ0v) is 20.1. The van der Waals surface area contributed by atoms with Crippen molar-refractivity contribution >= 4 is 17.6 Å². The fourth-order valence-corrected chi connectivity index (χ4v) is 6.13. The van der Waals surface area contributed by atoms with Crippen LogP contribution in [0.25, 0.3) is 11.1 Å². The van der Waals surface area contributed by atoms with Crippen molar-refractivity contribution in [2.75, 3.05) is 6.54 Å². The van der Waals surface area contributed by atoms with Gasteiger partial charge in [0.15, 0.2) is 5.78 Å². The molecule has 0 bridgehead atoms. The molecule has 5 rings (SSSR count). The van der Waals surface area contributed by atoms with E-state index in [1.165, 1.54) is 0 Å². The second-order valence-corrected chi connectivity index (χ2v) is 10.8. The summed E-state index contributed by atoms with van der Waals surface area (Å²) in [4.78, 5) is 41.3. The molecule has 0 radical (unpaired) electrons. The Kier molecular flexibility index (Phi) is 6.74. The van der Waals surface area contributed by atoms with Gasteiger partial charge in [0.1, 0.15) is 0 Å². The molecule has 3 aliphatic rings. The van der Waals surface area contributed by atoms with Crippen LogP contribution in [0.2, 0.25) is 0 Å². The summed E-state index contributed by atoms with van der Waals surface area (Å²) in [5.74, 6) is -0.750. The molecule has 1 spiro atoms. The van der Waals surface area contributed by atoms with Crippen LogP contribution in [0, 0.1) is 17.3 Å². The number of hydrogen-bond acceptors (Lipinski definition) is 4. The SMILES string of the molecule is O=C(C[C@@H](CC1CCCC1)C(=O)N1CC2(CC2)C[C@H]1C(=O)c1ccc(-c2ccccc2)cc1)NO. The zero-order valence-electron chi connectivity index (χ0n) is 20.1. The van der Waals surface area contributed by atoms with Crippen molar-refractivity contribution in [3.8, 4) is 11.1 Å². The van der Waals surface area contributed by atoms with Crippen LogP contribution in [0.1, 0.15) is 68.1 Å². The molecular weight excluding hydrogens is 440 g/mol. The topological polar surface area (TPSA) is 86.7 Å². The highest BCUT2D eigenvalue weighted by molar-refractivity contribution is 6.03. The Labute approximate surface area is 206 Å². The van der Waals surface area contributed by atoms with Crippen molar-refractivity contribution < 1.29 is 19.6 Å². The van der Waals surface area contributed by atoms with E-state index in [1.807, 2.05) is 54.6 Å². The number of hydroxylamine groups is 1. The Hall–Kier alpha value is -2.99. The van der Waals surface area contributed by atoms with Gasteiger partial charge in [0.05, 0.1) is 6.04 Å². The Morgan fingerprint density at radius 2 is 1.63 bits per heavy atom. The van der Waals surface area contributed by atoms with E-state index < -0.39 is 17.9 Å². The first kappa shape index (κ1) is 23.7. The molecule has 1 saturated heterocycles. The molecule has 2 saturated carbocycles. The summed E-state index contributed by atoms with van der Waals surface area (Å²) in [6, 6.07) is 17.2. The van der Waals surface area contributed by atoms with E-state index in [-0.39, 0.29) is 23.5 Å². The van der Waals surface area contributed by atoms with Crippen LogP contribution in [0.15, 0.2) is 54.6 Å². The largest absolute Gasteiger partial charge is 0.331 e. The second-order valence-electron chi connectivity index (χ2n) is 10.8. The van der Waals surface area contributed by atoms with Crippen molar-refractivity contribution in [3.05, 3.63) is 60.2 Å². The monoisotopic (exact) mass is 474 g/mol. The summed E-state index contributed by atoms with van der Waals surface area (Å²) in [7, 11) is 0. The van der Waals surface area contributed by atoms with Gasteiger partial charge in [-0.15, -0.1) is 0 Å². The Morgan fingerprint density at radius 1 is 0.971 bits per heavy atom. The van der Waals surface area contributed by atoms with Crippen LogP contribution in [-0.2, 0) is 9.59 Å². The van der Waals surface area contributed by atoms with Crippen LogP contribution in [0.5, 0.6) is 0 Å². The third-order valence-corrected chi connectivity index (χ3v) is 8.33. The second kappa shape index (κ2) is 9.94. The van der Waals surface area contributed by atoms with Crippen LogP contribution in [0.4, 0.5) is 0 Å². The first-order valence-corrected chi connectivity index (χ1v) is 12.9. The van der Waals surface area contributed by atoms with Gasteiger partial charge in [0.2, 0.25) is 11.8 Å². The molecule has 2 N–H and O–H groups in total. The van der Waals surface area contributed by atoms with E-state index >= 15 is 0 Å². The normalized spacial score (nSPS) is 21.7. The van der Waals surface area contributed by atoms with E-state index in [1.54, 1.807) is 10.4 Å². The summed E-state index contributed by atoms with van der Waals surface area (Å²) >= 11 is 0. The van der Waals surface area contributed by atoms with Crippen LogP contribution in [0.3, 0.4) is 0 Å². The molecule has 2 aliphatic carbocycles. The molecule has 2 aromatic rings. The smallest absolute Gasteiger partial charge is 0.244 e. The molecule has 2 aromatic carbocycles. The lowest BCUT2D eigenvalue weighted by atomic mass is 9.89. The molecule has 6 nitrogen and oxygen atoms in total. The predicted molar refractivity (Wildman–Crippen MR) is 133 cm³/mol. The molecular formula is C29H34N2O4. The number of ketones is 1. The summed E-state index contributed by atoms with van der Waals surface area (Å²) in [5, 5.41) is 9.10. The van der Waals surface area contributed by atoms with Crippen molar-refractivity contribution in [1.29, 1.82) is 0 Å². The third kappa shape index (κ3) is 5.18. The van der Waals surface area contributed by atoms with Crippen molar-refractivity contribution in [2.45, 2.75) is 63.8 Å². The molecule has 2 amide bonds. The summed E-state index contributed by atoms with van der Waals surface area (Å²) in [6.07, 6.45) is 7.84. The molecule has 0 unspecified atom stereocenters. The van der Waals surface area contributed by atoms with Gasteiger partial charge in [0, 0.05) is 24.4 Å². The van der Waals surface area contributed by atoms with Crippen LogP contribution >= 0.6 is 0 Å². The number of amides is 2. The number of nitrogens with zero attached hydrogens (tertiary/aromatic N) is 1. The average Bonchev–Trinajstić information content (AvgIpc) is 3.27. The quantitative estimate of drug-likeness (QED) is 0.320. The molecule has 3 fully saturated rings. The number of nitrogens with one attached hydrogen (secondary N) is 1. The van der Waals surface area contributed by atoms with E-state index in [2.05, 4.69) is 0 Å². The Bertz CT molecular complexity index is 1070. The fourth-order valence-electron chi connectivity index (χ4n) is 6.13. The number of carbonyl (C=O) groups is 3. The molecule has 0 aromatic heterocycles. The minimum absolute atomic E-state index is 0.0204. The molecule has 184 valence electrons. The summed E-state index contributed by atoms with van der Waals surface area (Å²) < 4.78 is 0. The first-order valence-electron chi connectivity index (χ1n) is 12.9. The van der Waals surface area contributed by atoms with E-state index in [9.17, 15) is 14.4 Å². The Morgan fingerprint density at radius 3 is 2.26 bits per heavy atom. The average molecular weight is 475 g/mol. The highest BCUT2D eigenvalue weighted by Crippen LogP contribution is 2.55. The van der Waals surface area contributed by atoms with Crippen molar-refractivity contribution in [2.24, 2.45) is 17.3 Å². The maximum Gasteiger partial charge on any atom is 0.244 e. The minimum Gasteiger partial charge on any atom is -0.331 e. The molecule has 6 heteroatoms. The lowest BCUT2D eigenvalue weighted by Crippen LogP contribution is -2.45. The minimum atomic E-state index is -0.541. The fraction of sp³-hybridized carbons (Fsp3) is 0.483. The van der Waals surface area contributed by atoms with E-state index in [4.69, 9.17) is 5.21 Å². The van der Waals surface area contributed by atoms with Gasteiger partial charge in [-0.1, -0.05) is 80.3 Å². The number of rotatable bonds is 8. The number of hydrogen-bond donors (Lipinski definition) is 2. The van der Waals surface area contributed by atoms with E-state index in [0.717, 1.165) is 49.7 Å². The van der Waals surface area contributed by atoms with Gasteiger partial charge in [0.25, 0.3) is 0 Å². The van der Waals surface area contributed by atoms with E-state index in [0.29, 0.717) is 30.9 Å². The molecule has 2 atom stereocenters. The number of carbonyl (C=O) groups excluding carboxylic acids is 3. The van der Waals surface area contributed by atoms with Gasteiger partial charge in [-0.3, -0.25) is 19.6 Å². The van der Waals surface area contributed by atoms with Gasteiger partial charge >= 0.3 is 0 Å². The summed E-state index contributed by atoms with van der Waals surface area (Å²) in [6.45, 7) is 0.590. The lowest BCUT2D eigenvalue weighted by Gasteiger charge is -2.29. The Balaban J connectivity index is 1.36. The lowest BCUT2D eigenvalue weighted by molar-refractivity contribution is -0.141. The van der Waals surface area contributed by atoms with Crippen LogP contribution in [-0.4, -0.2) is 40.3 Å². The van der Waals surface area contributed by atoms with Gasteiger partial charge in [-0.25, -0.2) is 5.48 Å². The van der Waals surface area contributed by atoms with Crippen molar-refractivity contribution in [3.63, 3.8) is 0 Å². The standard InChI is InChI=1S/C29H34N2O4/c32-26(30-35)17-24(16-20-6-4-5-7-20)28(34)31-19-29(14-15-29)18-25(31)27(33)23-12-10-22(11-13-23)21-8-2-1-3-9-21/h1-3,8-13,20,24-25,35H,4-7,14-19H2,(H,30,32)/t24-,25+/m1/s1. The highest BCUT2D eigenvalue weighted by Gasteiger charge is 2.55.